The van der Waals surface area contributed by atoms with Gasteiger partial charge in [-0.15, -0.1) is 5.75 Å². The van der Waals surface area contributed by atoms with Crippen LogP contribution in [0.4, 0.5) is 0 Å². The van der Waals surface area contributed by atoms with Gasteiger partial charge in [-0.1, -0.05) is 6.07 Å². The third kappa shape index (κ3) is 0.964. The molecule has 0 aliphatic carbocycles. The van der Waals surface area contributed by atoms with Gasteiger partial charge in [0.1, 0.15) is 0 Å². The molecule has 0 amide bonds. The summed E-state index contributed by atoms with van der Waals surface area (Å²) in [6.07, 6.45) is 1.51. The molecule has 8 heavy (non-hydrogen) atoms. The Morgan fingerprint density at radius 3 is 2.75 bits per heavy atom. The molecule has 1 heterocycles. The highest BCUT2D eigenvalue weighted by molar-refractivity contribution is 5.17. The topological polar surface area (TPSA) is 36.0 Å². The van der Waals surface area contributed by atoms with Crippen LogP contribution in [-0.2, 0) is 0 Å². The number of pyridine rings is 1. The average molecular weight is 108 g/mol. The highest BCUT2D eigenvalue weighted by atomic mass is 16.3. The van der Waals surface area contributed by atoms with Crippen molar-refractivity contribution in [2.45, 2.75) is 6.92 Å². The molecule has 0 bridgehead atoms. The minimum absolute atomic E-state index is 0.0255. The second-order valence-corrected chi connectivity index (χ2v) is 1.63. The number of aryl methyl sites for hydroxylation is 1. The molecule has 2 nitrogen and oxygen atoms in total. The van der Waals surface area contributed by atoms with Crippen molar-refractivity contribution in [2.75, 3.05) is 0 Å². The third-order valence-corrected chi connectivity index (χ3v) is 0.868. The van der Waals surface area contributed by atoms with Crippen molar-refractivity contribution in [3.05, 3.63) is 24.0 Å². The summed E-state index contributed by atoms with van der Waals surface area (Å²) in [6, 6.07) is 2.94. The fraction of sp³-hybridized carbons (Fsp3) is 0.167. The van der Waals surface area contributed by atoms with E-state index in [1.54, 1.807) is 6.92 Å². The van der Waals surface area contributed by atoms with E-state index in [0.717, 1.165) is 5.69 Å². The van der Waals surface area contributed by atoms with Crippen LogP contribution in [0, 0.1) is 6.92 Å². The number of hydrogen-bond donors (Lipinski definition) is 0. The van der Waals surface area contributed by atoms with E-state index < -0.39 is 0 Å². The molecule has 0 saturated heterocycles. The molecule has 0 atom stereocenters. The van der Waals surface area contributed by atoms with Crippen LogP contribution in [0.1, 0.15) is 5.69 Å². The van der Waals surface area contributed by atoms with Crippen LogP contribution >= 0.6 is 0 Å². The molecule has 0 radical (unpaired) electrons. The summed E-state index contributed by atoms with van der Waals surface area (Å²) in [5.41, 5.74) is 0.775. The summed E-state index contributed by atoms with van der Waals surface area (Å²) < 4.78 is 0. The minimum Gasteiger partial charge on any atom is -0.872 e. The van der Waals surface area contributed by atoms with Gasteiger partial charge in [0.05, 0.1) is 0 Å². The second-order valence-electron chi connectivity index (χ2n) is 1.63. The molecule has 0 saturated carbocycles. The van der Waals surface area contributed by atoms with Gasteiger partial charge in [0, 0.05) is 11.9 Å². The van der Waals surface area contributed by atoms with Gasteiger partial charge in [0.25, 0.3) is 0 Å². The van der Waals surface area contributed by atoms with Gasteiger partial charge in [-0.2, -0.15) is 0 Å². The maximum atomic E-state index is 10.5. The predicted octanol–water partition coefficient (Wildman–Crippen LogP) is 0.464. The zero-order valence-corrected chi connectivity index (χ0v) is 4.59. The Bertz CT molecular complexity index is 168. The van der Waals surface area contributed by atoms with E-state index in [-0.39, 0.29) is 5.75 Å². The maximum absolute atomic E-state index is 10.5. The van der Waals surface area contributed by atoms with Crippen molar-refractivity contribution in [1.82, 2.24) is 4.98 Å². The van der Waals surface area contributed by atoms with E-state index in [2.05, 4.69) is 4.98 Å². The number of aromatic nitrogens is 1. The van der Waals surface area contributed by atoms with Crippen LogP contribution in [0.25, 0.3) is 0 Å². The predicted molar refractivity (Wildman–Crippen MR) is 28.4 cm³/mol. The van der Waals surface area contributed by atoms with E-state index in [0.29, 0.717) is 0 Å². The molecule has 1 aromatic rings. The lowest BCUT2D eigenvalue weighted by atomic mass is 10.4. The van der Waals surface area contributed by atoms with E-state index in [1.165, 1.54) is 18.3 Å². The smallest absolute Gasteiger partial charge is 0.0366 e. The molecule has 1 aromatic heterocycles. The molecule has 0 aliphatic rings. The first-order valence-corrected chi connectivity index (χ1v) is 2.39. The van der Waals surface area contributed by atoms with Crippen molar-refractivity contribution in [1.29, 1.82) is 0 Å². The lowest BCUT2D eigenvalue weighted by molar-refractivity contribution is -0.268. The average Bonchev–Trinajstić information content (AvgIpc) is 1.64. The van der Waals surface area contributed by atoms with E-state index in [1.807, 2.05) is 0 Å². The van der Waals surface area contributed by atoms with Gasteiger partial charge in [-0.25, -0.2) is 0 Å². The first kappa shape index (κ1) is 5.09. The Morgan fingerprint density at radius 2 is 2.38 bits per heavy atom. The molecule has 0 fully saturated rings. The third-order valence-electron chi connectivity index (χ3n) is 0.868. The molecule has 0 N–H and O–H groups in total. The van der Waals surface area contributed by atoms with Crippen molar-refractivity contribution in [2.24, 2.45) is 0 Å². The number of nitrogens with zero attached hydrogens (tertiary/aromatic N) is 1. The normalized spacial score (nSPS) is 9.12. The van der Waals surface area contributed by atoms with Gasteiger partial charge in [-0.3, -0.25) is 4.98 Å². The summed E-state index contributed by atoms with van der Waals surface area (Å²) in [5, 5.41) is 10.5. The van der Waals surface area contributed by atoms with Gasteiger partial charge < -0.3 is 5.11 Å². The molecule has 0 spiro atoms. The van der Waals surface area contributed by atoms with Crippen LogP contribution in [0.3, 0.4) is 0 Å². The fourth-order valence-corrected chi connectivity index (χ4v) is 0.520. The molecule has 0 unspecified atom stereocenters. The van der Waals surface area contributed by atoms with Crippen molar-refractivity contribution in [3.63, 3.8) is 0 Å². The quantitative estimate of drug-likeness (QED) is 0.484. The molecule has 2 heteroatoms. The first-order valence-electron chi connectivity index (χ1n) is 2.39. The number of rotatable bonds is 0. The van der Waals surface area contributed by atoms with Gasteiger partial charge in [0.2, 0.25) is 0 Å². The summed E-state index contributed by atoms with van der Waals surface area (Å²) >= 11 is 0. The summed E-state index contributed by atoms with van der Waals surface area (Å²) in [7, 11) is 0. The first-order chi connectivity index (χ1) is 3.79. The van der Waals surface area contributed by atoms with Crippen LogP contribution in [-0.4, -0.2) is 4.98 Å². The largest absolute Gasteiger partial charge is 0.872 e. The van der Waals surface area contributed by atoms with E-state index >= 15 is 0 Å². The maximum Gasteiger partial charge on any atom is 0.0366 e. The van der Waals surface area contributed by atoms with Gasteiger partial charge >= 0.3 is 0 Å². The molecule has 0 aliphatic heterocycles. The molecule has 0 aromatic carbocycles. The lowest BCUT2D eigenvalue weighted by Gasteiger charge is -2.01. The van der Waals surface area contributed by atoms with E-state index in [9.17, 15) is 5.11 Å². The Hall–Kier alpha value is -1.05. The Balaban J connectivity index is 3.08. The zero-order chi connectivity index (χ0) is 5.98. The van der Waals surface area contributed by atoms with E-state index in [4.69, 9.17) is 0 Å². The SMILES string of the molecule is Cc1cc([O-])ccn1. The standard InChI is InChI=1S/C6H7NO/c1-5-4-6(8)2-3-7-5/h2-4H,1H3,(H,7,8)/p-1. The Labute approximate surface area is 47.8 Å². The minimum atomic E-state index is 0.0255. The molecule has 42 valence electrons. The van der Waals surface area contributed by atoms with Gasteiger partial charge in [0.15, 0.2) is 0 Å². The molecular formula is C6H6NO-. The van der Waals surface area contributed by atoms with Crippen LogP contribution < -0.4 is 5.11 Å². The van der Waals surface area contributed by atoms with Crippen molar-refractivity contribution < 1.29 is 5.11 Å². The van der Waals surface area contributed by atoms with Crippen molar-refractivity contribution >= 4 is 0 Å². The molecular weight excluding hydrogens is 102 g/mol. The highest BCUT2D eigenvalue weighted by Gasteiger charge is 1.77. The van der Waals surface area contributed by atoms with Gasteiger partial charge in [-0.05, 0) is 13.0 Å². The lowest BCUT2D eigenvalue weighted by Crippen LogP contribution is -1.89. The number of hydrogen-bond acceptors (Lipinski definition) is 2. The molecule has 1 rings (SSSR count). The fourth-order valence-electron chi connectivity index (χ4n) is 0.520. The highest BCUT2D eigenvalue weighted by Crippen LogP contribution is 2.01. The summed E-state index contributed by atoms with van der Waals surface area (Å²) in [5.74, 6) is 0.0255. The second kappa shape index (κ2) is 1.82. The van der Waals surface area contributed by atoms with Crippen LogP contribution in [0.15, 0.2) is 18.3 Å². The summed E-state index contributed by atoms with van der Waals surface area (Å²) in [6.45, 7) is 1.79. The zero-order valence-electron chi connectivity index (χ0n) is 4.59. The van der Waals surface area contributed by atoms with Crippen LogP contribution in [0.5, 0.6) is 5.75 Å². The Kier molecular flexibility index (Phi) is 1.16. The summed E-state index contributed by atoms with van der Waals surface area (Å²) in [4.78, 5) is 3.84. The monoisotopic (exact) mass is 108 g/mol. The van der Waals surface area contributed by atoms with Crippen molar-refractivity contribution in [3.8, 4) is 5.75 Å². The van der Waals surface area contributed by atoms with Crippen LogP contribution in [0.2, 0.25) is 0 Å². The Morgan fingerprint density at radius 1 is 1.62 bits per heavy atom.